The lowest BCUT2D eigenvalue weighted by molar-refractivity contribution is -0.757. The van der Waals surface area contributed by atoms with E-state index in [1.807, 2.05) is 6.92 Å². The Balaban J connectivity index is 3.16. The van der Waals surface area contributed by atoms with Crippen LogP contribution >= 0.6 is 0 Å². The molecule has 0 unspecified atom stereocenters. The van der Waals surface area contributed by atoms with Crippen molar-refractivity contribution < 1.29 is 19.5 Å². The molecule has 0 atom stereocenters. The molecule has 0 heterocycles. The van der Waals surface area contributed by atoms with Crippen molar-refractivity contribution >= 4 is 5.97 Å². The van der Waals surface area contributed by atoms with Crippen molar-refractivity contribution in [2.24, 2.45) is 0 Å². The molecule has 0 rings (SSSR count). The van der Waals surface area contributed by atoms with Gasteiger partial charge in [-0.3, -0.25) is 4.79 Å². The van der Waals surface area contributed by atoms with Crippen LogP contribution in [0.1, 0.15) is 39.0 Å². The number of unbranched alkanes of at least 4 members (excludes halogenated alkanes) is 2. The highest BCUT2D eigenvalue weighted by Gasteiger charge is 2.01. The van der Waals surface area contributed by atoms with E-state index in [2.05, 4.69) is 4.84 Å². The first-order valence-electron chi connectivity index (χ1n) is 5.09. The zero-order valence-electron chi connectivity index (χ0n) is 8.94. The van der Waals surface area contributed by atoms with Gasteiger partial charge in [-0.05, 0) is 19.3 Å². The van der Waals surface area contributed by atoms with E-state index in [4.69, 9.17) is 4.74 Å². The normalized spacial score (nSPS) is 9.67. The summed E-state index contributed by atoms with van der Waals surface area (Å²) < 4.78 is 4.86. The summed E-state index contributed by atoms with van der Waals surface area (Å²) in [4.78, 5) is 24.9. The fraction of sp³-hybridized carbons (Fsp3) is 0.889. The lowest BCUT2D eigenvalue weighted by atomic mass is 10.2. The zero-order chi connectivity index (χ0) is 11.5. The van der Waals surface area contributed by atoms with Crippen molar-refractivity contribution in [3.8, 4) is 0 Å². The first-order valence-corrected chi connectivity index (χ1v) is 5.09. The molecule has 0 aliphatic heterocycles. The fourth-order valence-corrected chi connectivity index (χ4v) is 0.975. The number of hydrogen-bond donors (Lipinski definition) is 0. The Morgan fingerprint density at radius 2 is 2.00 bits per heavy atom. The van der Waals surface area contributed by atoms with Crippen molar-refractivity contribution in [2.75, 3.05) is 13.2 Å². The van der Waals surface area contributed by atoms with Gasteiger partial charge in [0.1, 0.15) is 0 Å². The predicted molar refractivity (Wildman–Crippen MR) is 52.7 cm³/mol. The first-order chi connectivity index (χ1) is 7.16. The van der Waals surface area contributed by atoms with Crippen molar-refractivity contribution in [3.63, 3.8) is 0 Å². The highest BCUT2D eigenvalue weighted by molar-refractivity contribution is 5.69. The number of rotatable bonds is 9. The van der Waals surface area contributed by atoms with Crippen LogP contribution < -0.4 is 0 Å². The lowest BCUT2D eigenvalue weighted by Gasteiger charge is -2.02. The number of carbonyl (C=O) groups is 1. The molecule has 6 nitrogen and oxygen atoms in total. The van der Waals surface area contributed by atoms with Gasteiger partial charge in [-0.1, -0.05) is 13.3 Å². The molecule has 0 N–H and O–H groups in total. The average molecular weight is 219 g/mol. The Morgan fingerprint density at radius 3 is 2.60 bits per heavy atom. The Hall–Kier alpha value is -1.33. The van der Waals surface area contributed by atoms with Crippen LogP contribution in [0.15, 0.2) is 0 Å². The van der Waals surface area contributed by atoms with Crippen LogP contribution in [0.25, 0.3) is 0 Å². The van der Waals surface area contributed by atoms with E-state index in [9.17, 15) is 14.9 Å². The van der Waals surface area contributed by atoms with E-state index in [-0.39, 0.29) is 12.6 Å². The molecule has 0 aromatic heterocycles. The summed E-state index contributed by atoms with van der Waals surface area (Å²) in [7, 11) is 0. The summed E-state index contributed by atoms with van der Waals surface area (Å²) in [5.74, 6) is -0.202. The van der Waals surface area contributed by atoms with Gasteiger partial charge in [-0.25, -0.2) is 0 Å². The predicted octanol–water partition coefficient (Wildman–Crippen LogP) is 1.71. The fourth-order valence-electron chi connectivity index (χ4n) is 0.975. The molecular weight excluding hydrogens is 202 g/mol. The van der Waals surface area contributed by atoms with Gasteiger partial charge in [-0.2, -0.15) is 0 Å². The molecule has 0 radical (unpaired) electrons. The highest BCUT2D eigenvalue weighted by Crippen LogP contribution is 2.02. The Kier molecular flexibility index (Phi) is 8.42. The molecule has 0 saturated heterocycles. The van der Waals surface area contributed by atoms with Gasteiger partial charge in [-0.15, -0.1) is 10.1 Å². The van der Waals surface area contributed by atoms with Crippen LogP contribution in [0.4, 0.5) is 0 Å². The van der Waals surface area contributed by atoms with E-state index >= 15 is 0 Å². The third-order valence-corrected chi connectivity index (χ3v) is 1.69. The SMILES string of the molecule is CCCOC(=O)CCCCCO[N+](=O)[O-]. The van der Waals surface area contributed by atoms with E-state index in [1.165, 1.54) is 0 Å². The van der Waals surface area contributed by atoms with E-state index < -0.39 is 5.09 Å². The van der Waals surface area contributed by atoms with Crippen molar-refractivity contribution in [2.45, 2.75) is 39.0 Å². The molecule has 0 saturated carbocycles. The largest absolute Gasteiger partial charge is 0.466 e. The first kappa shape index (κ1) is 13.7. The average Bonchev–Trinajstić information content (AvgIpc) is 2.19. The second kappa shape index (κ2) is 9.23. The summed E-state index contributed by atoms with van der Waals surface area (Å²) in [5, 5.41) is 8.96. The van der Waals surface area contributed by atoms with Crippen LogP contribution in [-0.4, -0.2) is 24.3 Å². The molecular formula is C9H17NO5. The standard InChI is InChI=1S/C9H17NO5/c1-2-7-14-9(11)6-4-3-5-8-15-10(12)13/h2-8H2,1H3. The summed E-state index contributed by atoms with van der Waals surface area (Å²) >= 11 is 0. The quantitative estimate of drug-likeness (QED) is 0.255. The second-order valence-electron chi connectivity index (χ2n) is 3.09. The molecule has 0 aliphatic rings. The Labute approximate surface area is 88.7 Å². The molecule has 0 aliphatic carbocycles. The van der Waals surface area contributed by atoms with Gasteiger partial charge in [0, 0.05) is 6.42 Å². The van der Waals surface area contributed by atoms with Crippen molar-refractivity contribution in [3.05, 3.63) is 10.1 Å². The summed E-state index contributed by atoms with van der Waals surface area (Å²) in [6.07, 6.45) is 3.20. The maximum atomic E-state index is 11.0. The minimum Gasteiger partial charge on any atom is -0.466 e. The van der Waals surface area contributed by atoms with Crippen LogP contribution in [0.2, 0.25) is 0 Å². The topological polar surface area (TPSA) is 78.7 Å². The summed E-state index contributed by atoms with van der Waals surface area (Å²) in [6, 6.07) is 0. The van der Waals surface area contributed by atoms with Crippen LogP contribution in [0, 0.1) is 10.1 Å². The molecule has 0 fully saturated rings. The van der Waals surface area contributed by atoms with Gasteiger partial charge >= 0.3 is 5.97 Å². The van der Waals surface area contributed by atoms with E-state index in [1.54, 1.807) is 0 Å². The van der Waals surface area contributed by atoms with Crippen molar-refractivity contribution in [1.29, 1.82) is 0 Å². The number of ether oxygens (including phenoxy) is 1. The minimum absolute atomic E-state index is 0.0943. The summed E-state index contributed by atoms with van der Waals surface area (Å²) in [6.45, 7) is 2.49. The molecule has 0 aromatic rings. The Bertz CT molecular complexity index is 195. The molecule has 0 spiro atoms. The number of carbonyl (C=O) groups excluding carboxylic acids is 1. The third kappa shape index (κ3) is 10.6. The van der Waals surface area contributed by atoms with Crippen LogP contribution in [0.3, 0.4) is 0 Å². The Morgan fingerprint density at radius 1 is 1.27 bits per heavy atom. The molecule has 0 amide bonds. The van der Waals surface area contributed by atoms with Crippen molar-refractivity contribution in [1.82, 2.24) is 0 Å². The molecule has 0 aromatic carbocycles. The zero-order valence-corrected chi connectivity index (χ0v) is 8.94. The van der Waals surface area contributed by atoms with Crippen LogP contribution in [-0.2, 0) is 14.4 Å². The van der Waals surface area contributed by atoms with Crippen LogP contribution in [0.5, 0.6) is 0 Å². The summed E-state index contributed by atoms with van der Waals surface area (Å²) in [5.41, 5.74) is 0. The second-order valence-corrected chi connectivity index (χ2v) is 3.09. The molecule has 0 bridgehead atoms. The molecule has 15 heavy (non-hydrogen) atoms. The molecule has 88 valence electrons. The van der Waals surface area contributed by atoms with Gasteiger partial charge in [0.25, 0.3) is 5.09 Å². The van der Waals surface area contributed by atoms with Gasteiger partial charge in [0.05, 0.1) is 13.2 Å². The highest BCUT2D eigenvalue weighted by atomic mass is 16.9. The maximum Gasteiger partial charge on any atom is 0.305 e. The lowest BCUT2D eigenvalue weighted by Crippen LogP contribution is -2.05. The maximum absolute atomic E-state index is 11.0. The van der Waals surface area contributed by atoms with Gasteiger partial charge in [0.2, 0.25) is 0 Å². The smallest absolute Gasteiger partial charge is 0.305 e. The van der Waals surface area contributed by atoms with E-state index in [0.717, 1.165) is 12.8 Å². The monoisotopic (exact) mass is 219 g/mol. The third-order valence-electron chi connectivity index (χ3n) is 1.69. The molecule has 6 heteroatoms. The van der Waals surface area contributed by atoms with E-state index in [0.29, 0.717) is 25.9 Å². The van der Waals surface area contributed by atoms with Gasteiger partial charge in [0.15, 0.2) is 0 Å². The number of esters is 1. The minimum atomic E-state index is -0.810. The van der Waals surface area contributed by atoms with Gasteiger partial charge < -0.3 is 9.57 Å². The number of hydrogen-bond acceptors (Lipinski definition) is 5. The number of nitrogens with zero attached hydrogens (tertiary/aromatic N) is 1.